The van der Waals surface area contributed by atoms with Crippen molar-refractivity contribution in [2.45, 2.75) is 24.3 Å². The van der Waals surface area contributed by atoms with Crippen LogP contribution in [0.3, 0.4) is 0 Å². The number of hydrogen-bond donors (Lipinski definition) is 1. The summed E-state index contributed by atoms with van der Waals surface area (Å²) >= 11 is 0. The van der Waals surface area contributed by atoms with E-state index in [0.717, 1.165) is 25.1 Å². The lowest BCUT2D eigenvalue weighted by atomic mass is 10.2. The van der Waals surface area contributed by atoms with Gasteiger partial charge in [-0.3, -0.25) is 15.5 Å². The molecule has 0 atom stereocenters. The van der Waals surface area contributed by atoms with Crippen LogP contribution in [0.25, 0.3) is 0 Å². The van der Waals surface area contributed by atoms with Gasteiger partial charge in [-0.1, -0.05) is 12.1 Å². The Hall–Kier alpha value is -3.12. The molecule has 1 N–H and O–H groups in total. The van der Waals surface area contributed by atoms with Crippen LogP contribution in [0.2, 0.25) is 0 Å². The summed E-state index contributed by atoms with van der Waals surface area (Å²) in [5.74, 6) is -0.111. The van der Waals surface area contributed by atoms with Gasteiger partial charge in [0.25, 0.3) is 5.69 Å². The molecule has 12 heteroatoms. The second-order valence-corrected chi connectivity index (χ2v) is 8.27. The molecular weight excluding hydrogens is 422 g/mol. The van der Waals surface area contributed by atoms with Crippen molar-refractivity contribution >= 4 is 27.6 Å². The van der Waals surface area contributed by atoms with Crippen LogP contribution >= 0.6 is 0 Å². The minimum Gasteiger partial charge on any atom is -0.434 e. The first-order valence-electron chi connectivity index (χ1n) is 8.90. The van der Waals surface area contributed by atoms with E-state index in [1.807, 2.05) is 0 Å². The highest BCUT2D eigenvalue weighted by atomic mass is 32.2. The van der Waals surface area contributed by atoms with Gasteiger partial charge < -0.3 is 4.74 Å². The lowest BCUT2D eigenvalue weighted by molar-refractivity contribution is -0.384. The maximum atomic E-state index is 12.6. The summed E-state index contributed by atoms with van der Waals surface area (Å²) in [5, 5.41) is 15.3. The van der Waals surface area contributed by atoms with E-state index in [4.69, 9.17) is 0 Å². The van der Waals surface area contributed by atoms with E-state index in [0.29, 0.717) is 13.1 Å². The van der Waals surface area contributed by atoms with E-state index in [9.17, 15) is 27.3 Å². The molecule has 1 aliphatic heterocycles. The van der Waals surface area contributed by atoms with Gasteiger partial charge in [-0.15, -0.1) is 0 Å². The van der Waals surface area contributed by atoms with Gasteiger partial charge in [0.1, 0.15) is 11.4 Å². The minimum absolute atomic E-state index is 0.0520. The van der Waals surface area contributed by atoms with Crippen LogP contribution in [-0.2, 0) is 10.0 Å². The van der Waals surface area contributed by atoms with Gasteiger partial charge in [-0.2, -0.15) is 18.2 Å². The predicted octanol–water partition coefficient (Wildman–Crippen LogP) is 3.43. The summed E-state index contributed by atoms with van der Waals surface area (Å²) < 4.78 is 55.8. The Balaban J connectivity index is 1.83. The maximum Gasteiger partial charge on any atom is 0.387 e. The van der Waals surface area contributed by atoms with Gasteiger partial charge in [0.2, 0.25) is 10.0 Å². The zero-order valence-electron chi connectivity index (χ0n) is 15.6. The number of halogens is 2. The molecule has 0 unspecified atom stereocenters. The van der Waals surface area contributed by atoms with Crippen LogP contribution in [0.4, 0.5) is 20.2 Å². The molecular formula is C18H18F2N4O5S. The largest absolute Gasteiger partial charge is 0.434 e. The SMILES string of the molecule is O=[N+]([O-])c1cc(S(=O)(=O)N2CCCC2)ccc1N/N=C/c1ccccc1OC(F)F. The summed E-state index contributed by atoms with van der Waals surface area (Å²) in [7, 11) is -3.82. The van der Waals surface area contributed by atoms with Crippen molar-refractivity contribution in [3.63, 3.8) is 0 Å². The molecule has 9 nitrogen and oxygen atoms in total. The monoisotopic (exact) mass is 440 g/mol. The normalized spacial score (nSPS) is 15.0. The Labute approximate surface area is 171 Å². The standard InChI is InChI=1S/C18H18F2N4O5S/c19-18(20)29-17-6-2-1-5-13(17)12-21-22-15-8-7-14(11-16(15)24(25)26)30(27,28)23-9-3-4-10-23/h1-2,5-8,11-12,18,22H,3-4,9-10H2/b21-12+. The highest BCUT2D eigenvalue weighted by molar-refractivity contribution is 7.89. The minimum atomic E-state index is -3.82. The van der Waals surface area contributed by atoms with Gasteiger partial charge in [0.05, 0.1) is 16.0 Å². The number of hydrogen-bond acceptors (Lipinski definition) is 7. The van der Waals surface area contributed by atoms with Crippen molar-refractivity contribution < 1.29 is 26.9 Å². The average molecular weight is 440 g/mol. The Bertz CT molecular complexity index is 1060. The number of nitrogens with zero attached hydrogens (tertiary/aromatic N) is 3. The van der Waals surface area contributed by atoms with Crippen LogP contribution in [0.5, 0.6) is 5.75 Å². The summed E-state index contributed by atoms with van der Waals surface area (Å²) in [6.07, 6.45) is 2.65. The number of ether oxygens (including phenoxy) is 1. The summed E-state index contributed by atoms with van der Waals surface area (Å²) in [4.78, 5) is 10.5. The lowest BCUT2D eigenvalue weighted by Crippen LogP contribution is -2.27. The van der Waals surface area contributed by atoms with Crippen molar-refractivity contribution in [2.75, 3.05) is 18.5 Å². The molecule has 0 amide bonds. The lowest BCUT2D eigenvalue weighted by Gasteiger charge is -2.15. The van der Waals surface area contributed by atoms with Crippen molar-refractivity contribution in [1.82, 2.24) is 4.31 Å². The second kappa shape index (κ2) is 9.13. The van der Waals surface area contributed by atoms with E-state index in [1.54, 1.807) is 6.07 Å². The van der Waals surface area contributed by atoms with Crippen LogP contribution in [0.1, 0.15) is 18.4 Å². The molecule has 30 heavy (non-hydrogen) atoms. The zero-order chi connectivity index (χ0) is 21.7. The highest BCUT2D eigenvalue weighted by Gasteiger charge is 2.29. The third kappa shape index (κ3) is 4.89. The molecule has 1 fully saturated rings. The number of rotatable bonds is 8. The molecule has 0 radical (unpaired) electrons. The molecule has 2 aromatic carbocycles. The van der Waals surface area contributed by atoms with E-state index in [-0.39, 0.29) is 21.9 Å². The fraction of sp³-hybridized carbons (Fsp3) is 0.278. The van der Waals surface area contributed by atoms with Gasteiger partial charge >= 0.3 is 6.61 Å². The van der Waals surface area contributed by atoms with Gasteiger partial charge in [0.15, 0.2) is 0 Å². The number of alkyl halides is 2. The molecule has 2 aromatic rings. The number of anilines is 1. The summed E-state index contributed by atoms with van der Waals surface area (Å²) in [6.45, 7) is -2.26. The Kier molecular flexibility index (Phi) is 6.57. The topological polar surface area (TPSA) is 114 Å². The number of nitrogens with one attached hydrogen (secondary N) is 1. The average Bonchev–Trinajstić information content (AvgIpc) is 3.24. The molecule has 1 heterocycles. The summed E-state index contributed by atoms with van der Waals surface area (Å²) in [6, 6.07) is 9.36. The maximum absolute atomic E-state index is 12.6. The third-order valence-corrected chi connectivity index (χ3v) is 6.29. The Morgan fingerprint density at radius 1 is 1.20 bits per heavy atom. The molecule has 3 rings (SSSR count). The number of benzene rings is 2. The van der Waals surface area contributed by atoms with Gasteiger partial charge in [-0.05, 0) is 37.1 Å². The third-order valence-electron chi connectivity index (χ3n) is 4.39. The van der Waals surface area contributed by atoms with E-state index >= 15 is 0 Å². The summed E-state index contributed by atoms with van der Waals surface area (Å²) in [5.41, 5.74) is 2.14. The fourth-order valence-electron chi connectivity index (χ4n) is 2.96. The first kappa shape index (κ1) is 21.6. The first-order chi connectivity index (χ1) is 14.3. The zero-order valence-corrected chi connectivity index (χ0v) is 16.4. The molecule has 0 bridgehead atoms. The van der Waals surface area contributed by atoms with Crippen molar-refractivity contribution in [3.8, 4) is 5.75 Å². The van der Waals surface area contributed by atoms with E-state index in [1.165, 1.54) is 34.6 Å². The predicted molar refractivity (Wildman–Crippen MR) is 105 cm³/mol. The number of hydrazone groups is 1. The second-order valence-electron chi connectivity index (χ2n) is 6.33. The number of nitro benzene ring substituents is 1. The number of sulfonamides is 1. The smallest absolute Gasteiger partial charge is 0.387 e. The molecule has 0 aromatic heterocycles. The van der Waals surface area contributed by atoms with Crippen LogP contribution in [-0.4, -0.2) is 43.6 Å². The molecule has 0 saturated carbocycles. The van der Waals surface area contributed by atoms with E-state index < -0.39 is 27.2 Å². The number of para-hydroxylation sites is 1. The molecule has 160 valence electrons. The van der Waals surface area contributed by atoms with Gasteiger partial charge in [0, 0.05) is 24.7 Å². The quantitative estimate of drug-likeness (QED) is 0.382. The highest BCUT2D eigenvalue weighted by Crippen LogP contribution is 2.30. The van der Waals surface area contributed by atoms with Crippen LogP contribution in [0.15, 0.2) is 52.5 Å². The van der Waals surface area contributed by atoms with E-state index in [2.05, 4.69) is 15.3 Å². The Morgan fingerprint density at radius 2 is 1.90 bits per heavy atom. The van der Waals surface area contributed by atoms with Crippen molar-refractivity contribution in [1.29, 1.82) is 0 Å². The van der Waals surface area contributed by atoms with Crippen molar-refractivity contribution in [2.24, 2.45) is 5.10 Å². The molecule has 0 aliphatic carbocycles. The molecule has 1 aliphatic rings. The number of nitro groups is 1. The molecule has 0 spiro atoms. The first-order valence-corrected chi connectivity index (χ1v) is 10.3. The van der Waals surface area contributed by atoms with Crippen LogP contribution < -0.4 is 10.2 Å². The van der Waals surface area contributed by atoms with Crippen molar-refractivity contribution in [3.05, 3.63) is 58.1 Å². The Morgan fingerprint density at radius 3 is 2.57 bits per heavy atom. The fourth-order valence-corrected chi connectivity index (χ4v) is 4.49. The van der Waals surface area contributed by atoms with Gasteiger partial charge in [-0.25, -0.2) is 8.42 Å². The molecule has 1 saturated heterocycles. The van der Waals surface area contributed by atoms with Crippen LogP contribution in [0, 0.1) is 10.1 Å².